The number of benzene rings is 1. The topological polar surface area (TPSA) is 130 Å². The molecule has 134 valence electrons. The Morgan fingerprint density at radius 2 is 1.73 bits per heavy atom. The lowest BCUT2D eigenvalue weighted by molar-refractivity contribution is -0.384. The van der Waals surface area contributed by atoms with Crippen molar-refractivity contribution < 1.29 is 24.7 Å². The zero-order chi connectivity index (χ0) is 19.2. The minimum absolute atomic E-state index is 0.0500. The molecule has 1 aromatic carbocycles. The zero-order valence-electron chi connectivity index (χ0n) is 13.8. The number of thiophene rings is 1. The van der Waals surface area contributed by atoms with Gasteiger partial charge in [-0.25, -0.2) is 9.59 Å². The molecule has 9 heteroatoms. The molecular weight excluding hydrogens is 360 g/mol. The van der Waals surface area contributed by atoms with E-state index in [1.807, 2.05) is 0 Å². The van der Waals surface area contributed by atoms with E-state index < -0.39 is 22.8 Å². The highest BCUT2D eigenvalue weighted by Gasteiger charge is 2.37. The Hall–Kier alpha value is -3.20. The van der Waals surface area contributed by atoms with Gasteiger partial charge in [-0.2, -0.15) is 0 Å². The highest BCUT2D eigenvalue weighted by molar-refractivity contribution is 7.17. The van der Waals surface area contributed by atoms with Gasteiger partial charge in [0.25, 0.3) is 5.69 Å². The van der Waals surface area contributed by atoms with E-state index in [0.717, 1.165) is 0 Å². The van der Waals surface area contributed by atoms with Crippen molar-refractivity contribution in [3.63, 3.8) is 0 Å². The van der Waals surface area contributed by atoms with Crippen LogP contribution < -0.4 is 5.32 Å². The molecule has 0 aliphatic carbocycles. The first-order valence-electron chi connectivity index (χ1n) is 7.53. The molecule has 2 aromatic rings. The zero-order valence-corrected chi connectivity index (χ0v) is 14.6. The van der Waals surface area contributed by atoms with Crippen molar-refractivity contribution >= 4 is 39.0 Å². The summed E-state index contributed by atoms with van der Waals surface area (Å²) in [6.45, 7) is 3.16. The predicted molar refractivity (Wildman–Crippen MR) is 95.0 cm³/mol. The molecule has 3 rings (SSSR count). The quantitative estimate of drug-likeness (QED) is 0.553. The van der Waals surface area contributed by atoms with Crippen LogP contribution in [0, 0.1) is 10.1 Å². The molecule has 1 aliphatic heterocycles. The van der Waals surface area contributed by atoms with Crippen LogP contribution in [-0.4, -0.2) is 27.1 Å². The Balaban J connectivity index is 2.28. The highest BCUT2D eigenvalue weighted by Crippen LogP contribution is 2.43. The third-order valence-corrected chi connectivity index (χ3v) is 5.30. The Morgan fingerprint density at radius 1 is 1.15 bits per heavy atom. The van der Waals surface area contributed by atoms with Crippen LogP contribution in [0.25, 0.3) is 10.1 Å². The first kappa shape index (κ1) is 17.6. The minimum Gasteiger partial charge on any atom is -0.478 e. The third kappa shape index (κ3) is 2.72. The number of hydrogen-bond donors (Lipinski definition) is 3. The van der Waals surface area contributed by atoms with Crippen molar-refractivity contribution in [2.45, 2.75) is 19.8 Å². The van der Waals surface area contributed by atoms with Crippen LogP contribution in [0.15, 0.2) is 46.1 Å². The number of carboxylic acid groups (broad SMARTS) is 2. The van der Waals surface area contributed by atoms with E-state index in [2.05, 4.69) is 5.32 Å². The number of nitro groups is 1. The summed E-state index contributed by atoms with van der Waals surface area (Å²) >= 11 is 1.21. The van der Waals surface area contributed by atoms with Crippen LogP contribution in [0.1, 0.15) is 25.3 Å². The van der Waals surface area contributed by atoms with E-state index in [0.29, 0.717) is 27.0 Å². The van der Waals surface area contributed by atoms with Crippen molar-refractivity contribution in [1.82, 2.24) is 5.32 Å². The molecule has 0 fully saturated rings. The summed E-state index contributed by atoms with van der Waals surface area (Å²) in [6.07, 6.45) is 0. The van der Waals surface area contributed by atoms with E-state index in [-0.39, 0.29) is 16.8 Å². The summed E-state index contributed by atoms with van der Waals surface area (Å²) in [5.74, 6) is -3.40. The van der Waals surface area contributed by atoms with Gasteiger partial charge in [0.2, 0.25) is 0 Å². The molecule has 2 heterocycles. The number of nitrogens with zero attached hydrogens (tertiary/aromatic N) is 1. The third-order valence-electron chi connectivity index (χ3n) is 4.33. The number of non-ortho nitro benzene ring substituents is 1. The molecule has 0 atom stereocenters. The second-order valence-electron chi connectivity index (χ2n) is 5.87. The number of hydrogen-bond acceptors (Lipinski definition) is 6. The molecular formula is C17H14N2O6S. The van der Waals surface area contributed by atoms with Gasteiger partial charge >= 0.3 is 11.9 Å². The lowest BCUT2D eigenvalue weighted by Gasteiger charge is -2.28. The maximum absolute atomic E-state index is 11.8. The van der Waals surface area contributed by atoms with E-state index in [9.17, 15) is 29.9 Å². The molecule has 0 amide bonds. The molecule has 0 saturated heterocycles. The molecule has 26 heavy (non-hydrogen) atoms. The normalized spacial score (nSPS) is 15.3. The SMILES string of the molecule is CC1=C(C(=O)O)C(c2csc3cc([N+](=O)[O-])ccc23)C(C(=O)O)=C(C)N1. The predicted octanol–water partition coefficient (Wildman–Crippen LogP) is 3.21. The maximum atomic E-state index is 11.8. The van der Waals surface area contributed by atoms with Crippen LogP contribution in [0.5, 0.6) is 0 Å². The number of nitro benzene ring substituents is 1. The second-order valence-corrected chi connectivity index (χ2v) is 6.79. The first-order chi connectivity index (χ1) is 12.2. The Labute approximate surface area is 151 Å². The second kappa shape index (κ2) is 6.26. The van der Waals surface area contributed by atoms with Crippen molar-refractivity contribution in [3.8, 4) is 0 Å². The van der Waals surface area contributed by atoms with Crippen LogP contribution >= 0.6 is 11.3 Å². The number of aliphatic carboxylic acids is 2. The average molecular weight is 374 g/mol. The van der Waals surface area contributed by atoms with Gasteiger partial charge in [0.15, 0.2) is 0 Å². The van der Waals surface area contributed by atoms with Crippen LogP contribution in [0.2, 0.25) is 0 Å². The fourth-order valence-corrected chi connectivity index (χ4v) is 4.27. The Morgan fingerprint density at radius 3 is 2.23 bits per heavy atom. The lowest BCUT2D eigenvalue weighted by Crippen LogP contribution is -2.30. The highest BCUT2D eigenvalue weighted by atomic mass is 32.1. The standard InChI is InChI=1S/C17H14N2O6S/c1-7-13(16(20)21)15(14(17(22)23)8(2)18-7)11-6-26-12-5-9(19(24)25)3-4-10(11)12/h3-6,15,18H,1-2H3,(H,20,21)(H,22,23). The Bertz CT molecular complexity index is 997. The molecule has 0 spiro atoms. The van der Waals surface area contributed by atoms with Gasteiger partial charge in [-0.15, -0.1) is 11.3 Å². The van der Waals surface area contributed by atoms with Gasteiger partial charge in [-0.1, -0.05) is 0 Å². The summed E-state index contributed by atoms with van der Waals surface area (Å²) in [6, 6.07) is 4.26. The number of dihydropyridines is 1. The molecule has 0 bridgehead atoms. The molecule has 3 N–H and O–H groups in total. The van der Waals surface area contributed by atoms with E-state index >= 15 is 0 Å². The van der Waals surface area contributed by atoms with Gasteiger partial charge in [0.1, 0.15) is 0 Å². The summed E-state index contributed by atoms with van der Waals surface area (Å²) in [4.78, 5) is 34.1. The van der Waals surface area contributed by atoms with Gasteiger partial charge in [0, 0.05) is 28.2 Å². The number of fused-ring (bicyclic) bond motifs is 1. The van der Waals surface area contributed by atoms with Crippen molar-refractivity contribution in [3.05, 3.63) is 61.8 Å². The van der Waals surface area contributed by atoms with E-state index in [1.54, 1.807) is 19.2 Å². The van der Waals surface area contributed by atoms with Crippen molar-refractivity contribution in [2.24, 2.45) is 0 Å². The minimum atomic E-state index is -1.22. The molecule has 0 saturated carbocycles. The Kier molecular flexibility index (Phi) is 4.25. The number of allylic oxidation sites excluding steroid dienone is 2. The molecule has 1 aromatic heterocycles. The van der Waals surface area contributed by atoms with Crippen LogP contribution in [0.4, 0.5) is 5.69 Å². The molecule has 0 radical (unpaired) electrons. The van der Waals surface area contributed by atoms with Gasteiger partial charge in [0.05, 0.1) is 22.0 Å². The summed E-state index contributed by atoms with van der Waals surface area (Å²) in [5.41, 5.74) is 1.07. The fraction of sp³-hybridized carbons (Fsp3) is 0.176. The van der Waals surface area contributed by atoms with E-state index in [4.69, 9.17) is 0 Å². The largest absolute Gasteiger partial charge is 0.478 e. The van der Waals surface area contributed by atoms with Crippen molar-refractivity contribution in [2.75, 3.05) is 0 Å². The summed E-state index contributed by atoms with van der Waals surface area (Å²) in [5, 5.41) is 35.3. The lowest BCUT2D eigenvalue weighted by atomic mass is 9.80. The molecule has 8 nitrogen and oxygen atoms in total. The van der Waals surface area contributed by atoms with Gasteiger partial charge in [-0.3, -0.25) is 10.1 Å². The number of carboxylic acids is 2. The number of carbonyl (C=O) groups is 2. The fourth-order valence-electron chi connectivity index (χ4n) is 3.25. The monoisotopic (exact) mass is 374 g/mol. The van der Waals surface area contributed by atoms with Crippen LogP contribution in [-0.2, 0) is 9.59 Å². The maximum Gasteiger partial charge on any atom is 0.334 e. The van der Waals surface area contributed by atoms with Gasteiger partial charge < -0.3 is 15.5 Å². The first-order valence-corrected chi connectivity index (χ1v) is 8.41. The molecule has 0 unspecified atom stereocenters. The number of rotatable bonds is 4. The number of nitrogens with one attached hydrogen (secondary N) is 1. The average Bonchev–Trinajstić information content (AvgIpc) is 2.95. The summed E-state index contributed by atoms with van der Waals surface area (Å²) < 4.78 is 0.595. The van der Waals surface area contributed by atoms with Gasteiger partial charge in [-0.05, 0) is 36.2 Å². The van der Waals surface area contributed by atoms with Crippen LogP contribution in [0.3, 0.4) is 0 Å². The van der Waals surface area contributed by atoms with Crippen molar-refractivity contribution in [1.29, 1.82) is 0 Å². The smallest absolute Gasteiger partial charge is 0.334 e. The van der Waals surface area contributed by atoms with E-state index in [1.165, 1.54) is 29.5 Å². The molecule has 1 aliphatic rings. The summed E-state index contributed by atoms with van der Waals surface area (Å²) in [7, 11) is 0.